The number of aryl methyl sites for hydroxylation is 1. The number of hydrogen-bond acceptors (Lipinski definition) is 5. The Morgan fingerprint density at radius 3 is 3.17 bits per heavy atom. The second kappa shape index (κ2) is 6.14. The molecular formula is C16H16ClN5O. The second-order valence-corrected chi connectivity index (χ2v) is 6.01. The maximum atomic E-state index is 6.17. The highest BCUT2D eigenvalue weighted by Gasteiger charge is 2.19. The lowest BCUT2D eigenvalue weighted by Crippen LogP contribution is -2.37. The van der Waals surface area contributed by atoms with Crippen molar-refractivity contribution >= 4 is 11.6 Å². The predicted molar refractivity (Wildman–Crippen MR) is 85.9 cm³/mol. The van der Waals surface area contributed by atoms with Crippen molar-refractivity contribution in [2.24, 2.45) is 0 Å². The molecule has 1 aliphatic heterocycles. The Kier molecular flexibility index (Phi) is 3.85. The molecule has 0 aliphatic carbocycles. The fraction of sp³-hybridized carbons (Fsp3) is 0.312. The van der Waals surface area contributed by atoms with Gasteiger partial charge in [0.1, 0.15) is 18.4 Å². The molecule has 118 valence electrons. The Labute approximate surface area is 138 Å². The number of aromatic nitrogens is 4. The molecule has 0 saturated heterocycles. The van der Waals surface area contributed by atoms with E-state index >= 15 is 0 Å². The molecule has 6 nitrogen and oxygen atoms in total. The van der Waals surface area contributed by atoms with Crippen LogP contribution in [-0.2, 0) is 19.5 Å². The molecule has 23 heavy (non-hydrogen) atoms. The lowest BCUT2D eigenvalue weighted by molar-refractivity contribution is 0.356. The number of oxazole rings is 1. The van der Waals surface area contributed by atoms with Crippen LogP contribution >= 0.6 is 11.6 Å². The van der Waals surface area contributed by atoms with Crippen LogP contribution in [0.5, 0.6) is 0 Å². The van der Waals surface area contributed by atoms with Crippen molar-refractivity contribution in [3.8, 4) is 11.5 Å². The van der Waals surface area contributed by atoms with Crippen LogP contribution in [0.4, 0.5) is 0 Å². The Bertz CT molecular complexity index is 812. The third kappa shape index (κ3) is 3.00. The fourth-order valence-corrected chi connectivity index (χ4v) is 3.02. The van der Waals surface area contributed by atoms with E-state index < -0.39 is 0 Å². The minimum atomic E-state index is 0.365. The molecule has 2 aromatic heterocycles. The zero-order chi connectivity index (χ0) is 15.6. The first-order valence-electron chi connectivity index (χ1n) is 7.59. The lowest BCUT2D eigenvalue weighted by atomic mass is 10.1. The monoisotopic (exact) mass is 329 g/mol. The van der Waals surface area contributed by atoms with Crippen LogP contribution in [0.2, 0.25) is 5.02 Å². The summed E-state index contributed by atoms with van der Waals surface area (Å²) in [6.45, 7) is 1.49. The van der Waals surface area contributed by atoms with E-state index in [0.717, 1.165) is 36.5 Å². The number of nitrogens with one attached hydrogen (secondary N) is 1. The summed E-state index contributed by atoms with van der Waals surface area (Å²) in [5, 5.41) is 8.37. The van der Waals surface area contributed by atoms with Gasteiger partial charge in [0.15, 0.2) is 0 Å². The van der Waals surface area contributed by atoms with E-state index in [-0.39, 0.29) is 0 Å². The van der Waals surface area contributed by atoms with E-state index in [1.165, 1.54) is 0 Å². The number of nitrogens with zero attached hydrogens (tertiary/aromatic N) is 4. The van der Waals surface area contributed by atoms with Gasteiger partial charge in [-0.3, -0.25) is 0 Å². The predicted octanol–water partition coefficient (Wildman–Crippen LogP) is 2.69. The van der Waals surface area contributed by atoms with Crippen molar-refractivity contribution in [3.05, 3.63) is 53.4 Å². The van der Waals surface area contributed by atoms with Gasteiger partial charge in [-0.2, -0.15) is 5.10 Å². The van der Waals surface area contributed by atoms with E-state index in [4.69, 9.17) is 16.0 Å². The average molecular weight is 330 g/mol. The van der Waals surface area contributed by atoms with E-state index in [9.17, 15) is 0 Å². The van der Waals surface area contributed by atoms with Gasteiger partial charge in [-0.05, 0) is 18.6 Å². The number of rotatable bonds is 4. The molecule has 1 N–H and O–H groups in total. The highest BCUT2D eigenvalue weighted by molar-refractivity contribution is 6.33. The summed E-state index contributed by atoms with van der Waals surface area (Å²) in [4.78, 5) is 8.75. The summed E-state index contributed by atoms with van der Waals surface area (Å²) in [5.41, 5.74) is 1.68. The first-order chi connectivity index (χ1) is 11.3. The molecule has 0 unspecified atom stereocenters. The second-order valence-electron chi connectivity index (χ2n) is 5.60. The van der Waals surface area contributed by atoms with Gasteiger partial charge in [0.2, 0.25) is 5.89 Å². The quantitative estimate of drug-likeness (QED) is 0.797. The van der Waals surface area contributed by atoms with Crippen LogP contribution in [0.15, 0.2) is 41.3 Å². The van der Waals surface area contributed by atoms with Gasteiger partial charge >= 0.3 is 0 Å². The number of fused-ring (bicyclic) bond motifs is 1. The molecule has 3 heterocycles. The molecule has 0 radical (unpaired) electrons. The normalized spacial score (nSPS) is 17.2. The molecule has 1 atom stereocenters. The third-order valence-electron chi connectivity index (χ3n) is 4.03. The molecule has 0 saturated carbocycles. The van der Waals surface area contributed by atoms with Gasteiger partial charge < -0.3 is 9.73 Å². The lowest BCUT2D eigenvalue weighted by Gasteiger charge is -2.23. The van der Waals surface area contributed by atoms with Crippen LogP contribution in [0.1, 0.15) is 17.9 Å². The minimum Gasteiger partial charge on any atom is -0.444 e. The highest BCUT2D eigenvalue weighted by atomic mass is 35.5. The van der Waals surface area contributed by atoms with Crippen molar-refractivity contribution in [1.29, 1.82) is 0 Å². The van der Waals surface area contributed by atoms with Gasteiger partial charge in [0.25, 0.3) is 0 Å². The Morgan fingerprint density at radius 2 is 2.26 bits per heavy atom. The zero-order valence-electron chi connectivity index (χ0n) is 12.4. The summed E-state index contributed by atoms with van der Waals surface area (Å²) in [5.74, 6) is 1.61. The van der Waals surface area contributed by atoms with Gasteiger partial charge in [0.05, 0.1) is 22.8 Å². The maximum Gasteiger partial charge on any atom is 0.227 e. The summed E-state index contributed by atoms with van der Waals surface area (Å²) < 4.78 is 7.51. The molecule has 1 aromatic carbocycles. The molecular weight excluding hydrogens is 314 g/mol. The summed E-state index contributed by atoms with van der Waals surface area (Å²) in [6, 6.07) is 7.90. The average Bonchev–Trinajstić information content (AvgIpc) is 3.22. The number of hydrogen-bond donors (Lipinski definition) is 1. The van der Waals surface area contributed by atoms with Gasteiger partial charge in [-0.15, -0.1) is 0 Å². The summed E-state index contributed by atoms with van der Waals surface area (Å²) in [7, 11) is 0. The van der Waals surface area contributed by atoms with E-state index in [1.807, 2.05) is 28.9 Å². The first kappa shape index (κ1) is 14.4. The van der Waals surface area contributed by atoms with Gasteiger partial charge in [-0.25, -0.2) is 14.6 Å². The smallest absolute Gasteiger partial charge is 0.227 e. The van der Waals surface area contributed by atoms with Crippen molar-refractivity contribution in [2.75, 3.05) is 0 Å². The molecule has 0 bridgehead atoms. The van der Waals surface area contributed by atoms with Gasteiger partial charge in [0, 0.05) is 19.0 Å². The van der Waals surface area contributed by atoms with Crippen LogP contribution in [0, 0.1) is 0 Å². The highest BCUT2D eigenvalue weighted by Crippen LogP contribution is 2.26. The number of benzene rings is 1. The summed E-state index contributed by atoms with van der Waals surface area (Å²) in [6.07, 6.45) is 5.29. The molecule has 3 aromatic rings. The fourth-order valence-electron chi connectivity index (χ4n) is 2.80. The molecule has 1 aliphatic rings. The summed E-state index contributed by atoms with van der Waals surface area (Å²) >= 11 is 6.17. The Balaban J connectivity index is 1.40. The largest absolute Gasteiger partial charge is 0.444 e. The molecule has 4 rings (SSSR count). The van der Waals surface area contributed by atoms with Crippen LogP contribution in [-0.4, -0.2) is 25.8 Å². The van der Waals surface area contributed by atoms with E-state index in [0.29, 0.717) is 23.5 Å². The van der Waals surface area contributed by atoms with Crippen molar-refractivity contribution in [1.82, 2.24) is 25.1 Å². The Morgan fingerprint density at radius 1 is 1.35 bits per heavy atom. The van der Waals surface area contributed by atoms with Crippen molar-refractivity contribution in [2.45, 2.75) is 32.0 Å². The van der Waals surface area contributed by atoms with E-state index in [2.05, 4.69) is 20.4 Å². The van der Waals surface area contributed by atoms with Crippen LogP contribution in [0.25, 0.3) is 11.5 Å². The third-order valence-corrected chi connectivity index (χ3v) is 4.36. The van der Waals surface area contributed by atoms with Crippen LogP contribution < -0.4 is 5.32 Å². The maximum absolute atomic E-state index is 6.17. The molecule has 0 fully saturated rings. The SMILES string of the molecule is Clc1ccccc1-c1nc(CN[C@H]2CCc3ncnn3C2)co1. The van der Waals surface area contributed by atoms with Crippen LogP contribution in [0.3, 0.4) is 0 Å². The first-order valence-corrected chi connectivity index (χ1v) is 7.97. The van der Waals surface area contributed by atoms with Crippen molar-refractivity contribution in [3.63, 3.8) is 0 Å². The van der Waals surface area contributed by atoms with Gasteiger partial charge in [-0.1, -0.05) is 23.7 Å². The Hall–Kier alpha value is -2.18. The molecule has 0 spiro atoms. The van der Waals surface area contributed by atoms with E-state index in [1.54, 1.807) is 12.6 Å². The number of halogens is 1. The molecule has 7 heteroatoms. The molecule has 0 amide bonds. The van der Waals surface area contributed by atoms with Crippen molar-refractivity contribution < 1.29 is 4.42 Å². The zero-order valence-corrected chi connectivity index (χ0v) is 13.2. The standard InChI is InChI=1S/C16H16ClN5O/c17-14-4-2-1-3-13(14)16-21-12(9-23-16)7-18-11-5-6-15-19-10-20-22(15)8-11/h1-4,9-11,18H,5-8H2/t11-/m0/s1. The topological polar surface area (TPSA) is 68.8 Å². The minimum absolute atomic E-state index is 0.365.